The van der Waals surface area contributed by atoms with Crippen LogP contribution in [0, 0.1) is 11.6 Å². The number of amides is 2. The van der Waals surface area contributed by atoms with E-state index in [1.54, 1.807) is 0 Å². The van der Waals surface area contributed by atoms with E-state index in [0.717, 1.165) is 10.7 Å². The number of rotatable bonds is 3. The van der Waals surface area contributed by atoms with Crippen LogP contribution in [-0.4, -0.2) is 57.6 Å². The van der Waals surface area contributed by atoms with Gasteiger partial charge in [0.1, 0.15) is 17.3 Å². The maximum absolute atomic E-state index is 13.2. The van der Waals surface area contributed by atoms with Gasteiger partial charge in [0, 0.05) is 32.2 Å². The zero-order valence-electron chi connectivity index (χ0n) is 16.7. The Kier molecular flexibility index (Phi) is 6.00. The molecule has 164 valence electrons. The highest BCUT2D eigenvalue weighted by Crippen LogP contribution is 2.20. The molecule has 10 heteroatoms. The summed E-state index contributed by atoms with van der Waals surface area (Å²) >= 11 is 5.98. The average molecular weight is 459 g/mol. The first-order valence-corrected chi connectivity index (χ1v) is 10.1. The Labute approximate surface area is 186 Å². The van der Waals surface area contributed by atoms with Gasteiger partial charge >= 0.3 is 0 Å². The second kappa shape index (κ2) is 8.88. The van der Waals surface area contributed by atoms with Crippen molar-refractivity contribution in [3.05, 3.63) is 92.9 Å². The first kappa shape index (κ1) is 21.6. The number of carbonyl (C=O) groups is 2. The number of halogens is 3. The van der Waals surface area contributed by atoms with E-state index in [4.69, 9.17) is 11.6 Å². The zero-order valence-corrected chi connectivity index (χ0v) is 17.4. The number of carbonyl (C=O) groups excluding carboxylic acids is 2. The molecule has 2 amide bonds. The van der Waals surface area contributed by atoms with Crippen LogP contribution < -0.4 is 5.56 Å². The van der Waals surface area contributed by atoms with E-state index in [9.17, 15) is 23.2 Å². The Morgan fingerprint density at radius 3 is 2.03 bits per heavy atom. The van der Waals surface area contributed by atoms with Gasteiger partial charge in [-0.05, 0) is 48.5 Å². The molecule has 32 heavy (non-hydrogen) atoms. The van der Waals surface area contributed by atoms with Crippen LogP contribution in [0.15, 0.2) is 59.4 Å². The SMILES string of the molecule is O=C(c1ccc(=O)n(-c2ccc(F)cc2)n1)N1CCN(C(=O)c2ccc(F)cc2Cl)CC1. The Morgan fingerprint density at radius 1 is 0.812 bits per heavy atom. The van der Waals surface area contributed by atoms with Crippen molar-refractivity contribution in [2.75, 3.05) is 26.2 Å². The van der Waals surface area contributed by atoms with E-state index in [1.165, 1.54) is 58.3 Å². The molecule has 1 aliphatic heterocycles. The van der Waals surface area contributed by atoms with E-state index < -0.39 is 23.1 Å². The Bertz CT molecular complexity index is 1240. The fourth-order valence-corrected chi connectivity index (χ4v) is 3.65. The summed E-state index contributed by atoms with van der Waals surface area (Å²) < 4.78 is 27.4. The first-order valence-electron chi connectivity index (χ1n) is 9.73. The van der Waals surface area contributed by atoms with Gasteiger partial charge in [0.2, 0.25) is 0 Å². The van der Waals surface area contributed by atoms with Crippen molar-refractivity contribution < 1.29 is 18.4 Å². The van der Waals surface area contributed by atoms with E-state index in [1.807, 2.05) is 0 Å². The second-order valence-electron chi connectivity index (χ2n) is 7.15. The maximum Gasteiger partial charge on any atom is 0.274 e. The summed E-state index contributed by atoms with van der Waals surface area (Å²) in [5.41, 5.74) is 0.119. The molecule has 2 heterocycles. The Hall–Kier alpha value is -3.59. The van der Waals surface area contributed by atoms with Gasteiger partial charge in [-0.25, -0.2) is 8.78 Å². The minimum atomic E-state index is -0.531. The monoisotopic (exact) mass is 458 g/mol. The molecule has 0 radical (unpaired) electrons. The molecular formula is C22H17ClF2N4O3. The van der Waals surface area contributed by atoms with Crippen molar-refractivity contribution in [2.24, 2.45) is 0 Å². The highest BCUT2D eigenvalue weighted by molar-refractivity contribution is 6.33. The molecule has 0 spiro atoms. The molecule has 0 unspecified atom stereocenters. The predicted molar refractivity (Wildman–Crippen MR) is 113 cm³/mol. The van der Waals surface area contributed by atoms with E-state index in [-0.39, 0.29) is 48.4 Å². The van der Waals surface area contributed by atoms with Gasteiger partial charge in [-0.15, -0.1) is 0 Å². The highest BCUT2D eigenvalue weighted by Gasteiger charge is 2.27. The van der Waals surface area contributed by atoms with Gasteiger partial charge in [0.25, 0.3) is 17.4 Å². The quantitative estimate of drug-likeness (QED) is 0.605. The van der Waals surface area contributed by atoms with Crippen LogP contribution >= 0.6 is 11.6 Å². The Morgan fingerprint density at radius 2 is 1.41 bits per heavy atom. The topological polar surface area (TPSA) is 75.5 Å². The molecule has 0 bridgehead atoms. The third-order valence-electron chi connectivity index (χ3n) is 5.11. The molecule has 1 aliphatic rings. The van der Waals surface area contributed by atoms with Gasteiger partial charge in [0.15, 0.2) is 0 Å². The van der Waals surface area contributed by atoms with Crippen LogP contribution in [0.3, 0.4) is 0 Å². The third kappa shape index (κ3) is 4.38. The molecule has 0 atom stereocenters. The van der Waals surface area contributed by atoms with Crippen LogP contribution in [0.5, 0.6) is 0 Å². The number of nitrogens with zero attached hydrogens (tertiary/aromatic N) is 4. The van der Waals surface area contributed by atoms with Crippen molar-refractivity contribution in [1.82, 2.24) is 19.6 Å². The molecule has 4 rings (SSSR count). The van der Waals surface area contributed by atoms with Crippen molar-refractivity contribution >= 4 is 23.4 Å². The molecule has 3 aromatic rings. The van der Waals surface area contributed by atoms with E-state index >= 15 is 0 Å². The lowest BCUT2D eigenvalue weighted by atomic mass is 10.1. The van der Waals surface area contributed by atoms with Crippen LogP contribution in [-0.2, 0) is 0 Å². The minimum absolute atomic E-state index is 0.0285. The van der Waals surface area contributed by atoms with Crippen molar-refractivity contribution in [3.63, 3.8) is 0 Å². The number of benzene rings is 2. The molecule has 0 aliphatic carbocycles. The summed E-state index contributed by atoms with van der Waals surface area (Å²) in [5, 5.41) is 4.15. The van der Waals surface area contributed by atoms with Gasteiger partial charge in [-0.2, -0.15) is 9.78 Å². The molecule has 0 saturated carbocycles. The van der Waals surface area contributed by atoms with Crippen LogP contribution in [0.1, 0.15) is 20.8 Å². The van der Waals surface area contributed by atoms with Crippen molar-refractivity contribution in [2.45, 2.75) is 0 Å². The molecule has 1 saturated heterocycles. The summed E-state index contributed by atoms with van der Waals surface area (Å²) in [6.45, 7) is 1.02. The average Bonchev–Trinajstić information content (AvgIpc) is 2.79. The second-order valence-corrected chi connectivity index (χ2v) is 7.56. The van der Waals surface area contributed by atoms with Crippen LogP contribution in [0.4, 0.5) is 8.78 Å². The number of aromatic nitrogens is 2. The number of hydrogen-bond donors (Lipinski definition) is 0. The summed E-state index contributed by atoms with van der Waals surface area (Å²) in [6.07, 6.45) is 0. The standard InChI is InChI=1S/C22H17ClF2N4O3/c23-18-13-15(25)3-6-17(18)21(31)27-9-11-28(12-10-27)22(32)19-7-8-20(30)29(26-19)16-4-1-14(24)2-5-16/h1-8,13H,9-12H2. The minimum Gasteiger partial charge on any atom is -0.335 e. The molecule has 0 N–H and O–H groups in total. The smallest absolute Gasteiger partial charge is 0.274 e. The van der Waals surface area contributed by atoms with Gasteiger partial charge in [0.05, 0.1) is 16.3 Å². The van der Waals surface area contributed by atoms with Crippen molar-refractivity contribution in [3.8, 4) is 5.69 Å². The Balaban J connectivity index is 1.47. The van der Waals surface area contributed by atoms with Crippen molar-refractivity contribution in [1.29, 1.82) is 0 Å². The lowest BCUT2D eigenvalue weighted by Gasteiger charge is -2.34. The summed E-state index contributed by atoms with van der Waals surface area (Å²) in [7, 11) is 0. The largest absolute Gasteiger partial charge is 0.335 e. The summed E-state index contributed by atoms with van der Waals surface area (Å²) in [6, 6.07) is 11.3. The summed E-state index contributed by atoms with van der Waals surface area (Å²) in [4.78, 5) is 40.8. The number of hydrogen-bond acceptors (Lipinski definition) is 4. The van der Waals surface area contributed by atoms with Gasteiger partial charge in [-0.3, -0.25) is 14.4 Å². The normalized spacial score (nSPS) is 13.8. The van der Waals surface area contributed by atoms with E-state index in [0.29, 0.717) is 5.69 Å². The number of piperazine rings is 1. The lowest BCUT2D eigenvalue weighted by molar-refractivity contribution is 0.0531. The lowest BCUT2D eigenvalue weighted by Crippen LogP contribution is -2.51. The molecule has 7 nitrogen and oxygen atoms in total. The van der Waals surface area contributed by atoms with Crippen LogP contribution in [0.2, 0.25) is 5.02 Å². The first-order chi connectivity index (χ1) is 15.3. The third-order valence-corrected chi connectivity index (χ3v) is 5.42. The predicted octanol–water partition coefficient (Wildman–Crippen LogP) is 2.76. The van der Waals surface area contributed by atoms with Crippen LogP contribution in [0.25, 0.3) is 5.69 Å². The molecule has 1 aromatic heterocycles. The zero-order chi connectivity index (χ0) is 22.8. The fraction of sp³-hybridized carbons (Fsp3) is 0.182. The summed E-state index contributed by atoms with van der Waals surface area (Å²) in [5.74, 6) is -1.72. The maximum atomic E-state index is 13.2. The van der Waals surface area contributed by atoms with E-state index in [2.05, 4.69) is 5.10 Å². The van der Waals surface area contributed by atoms with Gasteiger partial charge < -0.3 is 9.80 Å². The molecular weight excluding hydrogens is 442 g/mol. The van der Waals surface area contributed by atoms with Gasteiger partial charge in [-0.1, -0.05) is 11.6 Å². The molecule has 2 aromatic carbocycles. The highest BCUT2D eigenvalue weighted by atomic mass is 35.5. The fourth-order valence-electron chi connectivity index (χ4n) is 3.40. The molecule has 1 fully saturated rings.